The molecule has 0 radical (unpaired) electrons. The highest BCUT2D eigenvalue weighted by Gasteiger charge is 2.12. The smallest absolute Gasteiger partial charge is 0.222 e. The summed E-state index contributed by atoms with van der Waals surface area (Å²) in [5, 5.41) is 3.92. The van der Waals surface area contributed by atoms with Crippen molar-refractivity contribution >= 4 is 35.0 Å². The van der Waals surface area contributed by atoms with Gasteiger partial charge in [0.1, 0.15) is 0 Å². The molecule has 0 spiro atoms. The van der Waals surface area contributed by atoms with Gasteiger partial charge in [-0.05, 0) is 37.0 Å². The first-order valence-corrected chi connectivity index (χ1v) is 9.21. The zero-order chi connectivity index (χ0) is 17.9. The van der Waals surface area contributed by atoms with E-state index >= 15 is 0 Å². The molecule has 24 heavy (non-hydrogen) atoms. The number of nitrogens with one attached hydrogen (secondary N) is 1. The van der Waals surface area contributed by atoms with E-state index < -0.39 is 0 Å². The van der Waals surface area contributed by atoms with Crippen molar-refractivity contribution in [3.63, 3.8) is 0 Å². The molecule has 0 atom stereocenters. The third-order valence-electron chi connectivity index (χ3n) is 3.63. The zero-order valence-corrected chi connectivity index (χ0v) is 15.9. The standard InChI is InChI=1S/C18H26Cl2N2O2/c1-3-10-22(11-4-2)18(24)7-5-6-17(23)21-13-14-8-9-15(19)12-16(14)20/h8-9,12H,3-7,10-11,13H2,1-2H3,(H,21,23). The number of carbonyl (C=O) groups excluding carboxylic acids is 2. The number of carbonyl (C=O) groups is 2. The summed E-state index contributed by atoms with van der Waals surface area (Å²) in [7, 11) is 0. The van der Waals surface area contributed by atoms with E-state index in [0.29, 0.717) is 35.9 Å². The molecular weight excluding hydrogens is 347 g/mol. The van der Waals surface area contributed by atoms with Crippen LogP contribution >= 0.6 is 23.2 Å². The predicted molar refractivity (Wildman–Crippen MR) is 99.3 cm³/mol. The van der Waals surface area contributed by atoms with Gasteiger partial charge in [-0.1, -0.05) is 43.1 Å². The molecule has 6 heteroatoms. The van der Waals surface area contributed by atoms with E-state index in [1.165, 1.54) is 0 Å². The van der Waals surface area contributed by atoms with Gasteiger partial charge in [-0.15, -0.1) is 0 Å². The van der Waals surface area contributed by atoms with Gasteiger partial charge < -0.3 is 10.2 Å². The second-order valence-electron chi connectivity index (χ2n) is 5.75. The average Bonchev–Trinajstić information content (AvgIpc) is 2.53. The van der Waals surface area contributed by atoms with Crippen LogP contribution in [0.3, 0.4) is 0 Å². The van der Waals surface area contributed by atoms with Crippen molar-refractivity contribution in [3.8, 4) is 0 Å². The number of benzene rings is 1. The van der Waals surface area contributed by atoms with E-state index in [0.717, 1.165) is 31.5 Å². The van der Waals surface area contributed by atoms with Gasteiger partial charge in [0, 0.05) is 42.5 Å². The molecule has 1 aromatic carbocycles. The van der Waals surface area contributed by atoms with Gasteiger partial charge in [0.15, 0.2) is 0 Å². The SMILES string of the molecule is CCCN(CCC)C(=O)CCCC(=O)NCc1ccc(Cl)cc1Cl. The molecule has 0 aliphatic carbocycles. The molecule has 1 N–H and O–H groups in total. The van der Waals surface area contributed by atoms with Gasteiger partial charge >= 0.3 is 0 Å². The topological polar surface area (TPSA) is 49.4 Å². The lowest BCUT2D eigenvalue weighted by Crippen LogP contribution is -2.32. The number of nitrogens with zero attached hydrogens (tertiary/aromatic N) is 1. The summed E-state index contributed by atoms with van der Waals surface area (Å²) in [4.78, 5) is 25.9. The summed E-state index contributed by atoms with van der Waals surface area (Å²) in [6.07, 6.45) is 3.21. The van der Waals surface area contributed by atoms with Crippen LogP contribution in [0.2, 0.25) is 10.0 Å². The summed E-state index contributed by atoms with van der Waals surface area (Å²) < 4.78 is 0. The minimum Gasteiger partial charge on any atom is -0.352 e. The average molecular weight is 373 g/mol. The first-order valence-electron chi connectivity index (χ1n) is 8.46. The molecular formula is C18H26Cl2N2O2. The lowest BCUT2D eigenvalue weighted by atomic mass is 10.2. The van der Waals surface area contributed by atoms with Crippen LogP contribution in [0.25, 0.3) is 0 Å². The first-order chi connectivity index (χ1) is 11.5. The van der Waals surface area contributed by atoms with Crippen LogP contribution in [-0.2, 0) is 16.1 Å². The van der Waals surface area contributed by atoms with Gasteiger partial charge in [-0.2, -0.15) is 0 Å². The highest BCUT2D eigenvalue weighted by Crippen LogP contribution is 2.20. The van der Waals surface area contributed by atoms with E-state index in [9.17, 15) is 9.59 Å². The van der Waals surface area contributed by atoms with Gasteiger partial charge in [-0.3, -0.25) is 9.59 Å². The van der Waals surface area contributed by atoms with Crippen molar-refractivity contribution in [2.24, 2.45) is 0 Å². The molecule has 0 saturated heterocycles. The summed E-state index contributed by atoms with van der Waals surface area (Å²) in [5.41, 5.74) is 0.822. The van der Waals surface area contributed by atoms with E-state index in [4.69, 9.17) is 23.2 Å². The number of halogens is 2. The largest absolute Gasteiger partial charge is 0.352 e. The molecule has 0 fully saturated rings. The van der Waals surface area contributed by atoms with Crippen LogP contribution in [0.1, 0.15) is 51.5 Å². The number of rotatable bonds is 10. The highest BCUT2D eigenvalue weighted by atomic mass is 35.5. The maximum Gasteiger partial charge on any atom is 0.222 e. The zero-order valence-electron chi connectivity index (χ0n) is 14.4. The quantitative estimate of drug-likeness (QED) is 0.660. The molecule has 0 heterocycles. The van der Waals surface area contributed by atoms with Crippen LogP contribution < -0.4 is 5.32 Å². The second-order valence-corrected chi connectivity index (χ2v) is 6.59. The van der Waals surface area contributed by atoms with Crippen molar-refractivity contribution in [1.29, 1.82) is 0 Å². The molecule has 0 aliphatic heterocycles. The summed E-state index contributed by atoms with van der Waals surface area (Å²) in [6, 6.07) is 5.19. The van der Waals surface area contributed by atoms with Gasteiger partial charge in [0.25, 0.3) is 0 Å². The molecule has 1 rings (SSSR count). The van der Waals surface area contributed by atoms with E-state index in [1.807, 2.05) is 4.90 Å². The highest BCUT2D eigenvalue weighted by molar-refractivity contribution is 6.35. The maximum absolute atomic E-state index is 12.1. The minimum absolute atomic E-state index is 0.0775. The Kier molecular flexibility index (Phi) is 9.80. The molecule has 0 aliphatic rings. The molecule has 1 aromatic rings. The van der Waals surface area contributed by atoms with Crippen LogP contribution in [-0.4, -0.2) is 29.8 Å². The van der Waals surface area contributed by atoms with Crippen LogP contribution in [0.4, 0.5) is 0 Å². The van der Waals surface area contributed by atoms with Gasteiger partial charge in [0.2, 0.25) is 11.8 Å². The Bertz CT molecular complexity index is 544. The molecule has 0 bridgehead atoms. The third-order valence-corrected chi connectivity index (χ3v) is 4.21. The van der Waals surface area contributed by atoms with Crippen LogP contribution in [0.5, 0.6) is 0 Å². The molecule has 0 unspecified atom stereocenters. The fourth-order valence-electron chi connectivity index (χ4n) is 2.41. The van der Waals surface area contributed by atoms with Crippen molar-refractivity contribution < 1.29 is 9.59 Å². The molecule has 0 aromatic heterocycles. The fourth-order valence-corrected chi connectivity index (χ4v) is 2.88. The van der Waals surface area contributed by atoms with Crippen molar-refractivity contribution in [2.45, 2.75) is 52.5 Å². The Morgan fingerprint density at radius 2 is 1.75 bits per heavy atom. The molecule has 134 valence electrons. The van der Waals surface area contributed by atoms with Crippen molar-refractivity contribution in [2.75, 3.05) is 13.1 Å². The third kappa shape index (κ3) is 7.54. The molecule has 0 saturated carbocycles. The monoisotopic (exact) mass is 372 g/mol. The van der Waals surface area contributed by atoms with Crippen LogP contribution in [0, 0.1) is 0 Å². The van der Waals surface area contributed by atoms with Crippen molar-refractivity contribution in [3.05, 3.63) is 33.8 Å². The van der Waals surface area contributed by atoms with Crippen LogP contribution in [0.15, 0.2) is 18.2 Å². The predicted octanol–water partition coefficient (Wildman–Crippen LogP) is 4.43. The Hall–Kier alpha value is -1.26. The van der Waals surface area contributed by atoms with Gasteiger partial charge in [0.05, 0.1) is 0 Å². The number of hydrogen-bond donors (Lipinski definition) is 1. The first kappa shape index (κ1) is 20.8. The molecule has 4 nitrogen and oxygen atoms in total. The Labute approximate surface area is 154 Å². The van der Waals surface area contributed by atoms with E-state index in [-0.39, 0.29) is 11.8 Å². The van der Waals surface area contributed by atoms with E-state index in [1.54, 1.807) is 18.2 Å². The summed E-state index contributed by atoms with van der Waals surface area (Å²) in [5.74, 6) is 0.0543. The fraction of sp³-hybridized carbons (Fsp3) is 0.556. The summed E-state index contributed by atoms with van der Waals surface area (Å²) >= 11 is 11.9. The normalized spacial score (nSPS) is 10.5. The Balaban J connectivity index is 2.31. The minimum atomic E-state index is -0.0775. The summed E-state index contributed by atoms with van der Waals surface area (Å²) in [6.45, 7) is 6.05. The lowest BCUT2D eigenvalue weighted by Gasteiger charge is -2.21. The number of hydrogen-bond acceptors (Lipinski definition) is 2. The second kappa shape index (κ2) is 11.3. The van der Waals surface area contributed by atoms with Crippen molar-refractivity contribution in [1.82, 2.24) is 10.2 Å². The lowest BCUT2D eigenvalue weighted by molar-refractivity contribution is -0.131. The number of amides is 2. The van der Waals surface area contributed by atoms with E-state index in [2.05, 4.69) is 19.2 Å². The Morgan fingerprint density at radius 1 is 1.08 bits per heavy atom. The maximum atomic E-state index is 12.1. The Morgan fingerprint density at radius 3 is 2.33 bits per heavy atom. The van der Waals surface area contributed by atoms with Gasteiger partial charge in [-0.25, -0.2) is 0 Å². The molecule has 2 amide bonds.